The van der Waals surface area contributed by atoms with Gasteiger partial charge >= 0.3 is 0 Å². The van der Waals surface area contributed by atoms with E-state index in [0.29, 0.717) is 11.5 Å². The average molecular weight is 398 g/mol. The van der Waals surface area contributed by atoms with Gasteiger partial charge in [0.25, 0.3) is 11.5 Å². The van der Waals surface area contributed by atoms with Crippen molar-refractivity contribution in [3.8, 4) is 0 Å². The number of nitrogens with one attached hydrogen (secondary N) is 1. The first-order valence-electron chi connectivity index (χ1n) is 9.23. The van der Waals surface area contributed by atoms with Crippen LogP contribution in [0.4, 0.5) is 5.82 Å². The number of carbonyl (C=O) groups is 1. The third kappa shape index (κ3) is 3.90. The molecule has 9 heteroatoms. The van der Waals surface area contributed by atoms with Crippen LogP contribution in [0.2, 0.25) is 0 Å². The zero-order valence-corrected chi connectivity index (χ0v) is 16.5. The summed E-state index contributed by atoms with van der Waals surface area (Å²) in [6, 6.07) is 3.95. The number of aromatic nitrogens is 3. The van der Waals surface area contributed by atoms with Crippen LogP contribution >= 0.6 is 11.3 Å². The molecule has 4 rings (SSSR count). The SMILES string of the molecule is CN1CCCN(c2ccc(CNC(=O)c3cnc4sccn4c3=O)cn2)CC1. The molecule has 1 aliphatic rings. The van der Waals surface area contributed by atoms with Gasteiger partial charge in [0.2, 0.25) is 0 Å². The molecular formula is C19H22N6O2S. The Hall–Kier alpha value is -2.78. The van der Waals surface area contributed by atoms with E-state index in [1.165, 1.54) is 21.9 Å². The van der Waals surface area contributed by atoms with Crippen LogP contribution in [0, 0.1) is 0 Å². The van der Waals surface area contributed by atoms with Gasteiger partial charge in [-0.1, -0.05) is 6.07 Å². The number of rotatable bonds is 4. The average Bonchev–Trinajstić information content (AvgIpc) is 3.09. The van der Waals surface area contributed by atoms with Gasteiger partial charge in [0.15, 0.2) is 4.96 Å². The standard InChI is InChI=1S/C19H22N6O2S/c1-23-5-2-6-24(8-7-23)16-4-3-14(11-20-16)12-21-17(26)15-13-22-19-25(18(15)27)9-10-28-19/h3-4,9-11,13H,2,5-8,12H2,1H3,(H,21,26). The maximum atomic E-state index is 12.4. The first kappa shape index (κ1) is 18.6. The normalized spacial score (nSPS) is 15.5. The summed E-state index contributed by atoms with van der Waals surface area (Å²) >= 11 is 1.35. The fourth-order valence-corrected chi connectivity index (χ4v) is 3.92. The molecule has 0 aliphatic carbocycles. The molecule has 0 spiro atoms. The van der Waals surface area contributed by atoms with Gasteiger partial charge in [-0.25, -0.2) is 9.97 Å². The predicted octanol–water partition coefficient (Wildman–Crippen LogP) is 1.22. The van der Waals surface area contributed by atoms with E-state index >= 15 is 0 Å². The van der Waals surface area contributed by atoms with Crippen molar-refractivity contribution in [2.45, 2.75) is 13.0 Å². The summed E-state index contributed by atoms with van der Waals surface area (Å²) in [6.07, 6.45) is 5.85. The highest BCUT2D eigenvalue weighted by atomic mass is 32.1. The Bertz CT molecular complexity index is 1030. The molecule has 4 heterocycles. The molecule has 3 aromatic heterocycles. The predicted molar refractivity (Wildman–Crippen MR) is 109 cm³/mol. The fraction of sp³-hybridized carbons (Fsp3) is 0.368. The summed E-state index contributed by atoms with van der Waals surface area (Å²) in [4.78, 5) is 38.6. The summed E-state index contributed by atoms with van der Waals surface area (Å²) < 4.78 is 1.38. The fourth-order valence-electron chi connectivity index (χ4n) is 3.24. The molecule has 146 valence electrons. The summed E-state index contributed by atoms with van der Waals surface area (Å²) in [7, 11) is 2.14. The number of hydrogen-bond donors (Lipinski definition) is 1. The molecule has 0 radical (unpaired) electrons. The Labute approximate surface area is 166 Å². The van der Waals surface area contributed by atoms with Crippen LogP contribution in [0.3, 0.4) is 0 Å². The Kier molecular flexibility index (Phi) is 5.36. The lowest BCUT2D eigenvalue weighted by Crippen LogP contribution is -2.31. The number of amides is 1. The van der Waals surface area contributed by atoms with Crippen LogP contribution in [0.5, 0.6) is 0 Å². The molecule has 0 unspecified atom stereocenters. The first-order valence-corrected chi connectivity index (χ1v) is 10.1. The van der Waals surface area contributed by atoms with Gasteiger partial charge in [-0.3, -0.25) is 14.0 Å². The highest BCUT2D eigenvalue weighted by Gasteiger charge is 2.15. The van der Waals surface area contributed by atoms with E-state index in [9.17, 15) is 9.59 Å². The number of pyridine rings is 1. The van der Waals surface area contributed by atoms with E-state index in [1.807, 2.05) is 12.1 Å². The molecule has 0 atom stereocenters. The minimum absolute atomic E-state index is 0.0363. The van der Waals surface area contributed by atoms with Crippen LogP contribution in [-0.4, -0.2) is 58.4 Å². The number of anilines is 1. The third-order valence-electron chi connectivity index (χ3n) is 4.89. The van der Waals surface area contributed by atoms with Gasteiger partial charge in [-0.2, -0.15) is 0 Å². The first-order chi connectivity index (χ1) is 13.6. The maximum Gasteiger partial charge on any atom is 0.271 e. The van der Waals surface area contributed by atoms with Crippen LogP contribution in [0.1, 0.15) is 22.3 Å². The van der Waals surface area contributed by atoms with Crippen LogP contribution in [0.25, 0.3) is 4.96 Å². The van der Waals surface area contributed by atoms with Gasteiger partial charge in [0.1, 0.15) is 11.4 Å². The van der Waals surface area contributed by atoms with E-state index in [4.69, 9.17) is 0 Å². The topological polar surface area (TPSA) is 82.8 Å². The lowest BCUT2D eigenvalue weighted by Gasteiger charge is -2.21. The van der Waals surface area contributed by atoms with E-state index in [-0.39, 0.29) is 11.1 Å². The smallest absolute Gasteiger partial charge is 0.271 e. The number of hydrogen-bond acceptors (Lipinski definition) is 7. The Morgan fingerprint density at radius 3 is 2.89 bits per heavy atom. The number of carbonyl (C=O) groups excluding carboxylic acids is 1. The second kappa shape index (κ2) is 8.07. The lowest BCUT2D eigenvalue weighted by atomic mass is 10.2. The molecule has 8 nitrogen and oxygen atoms in total. The zero-order chi connectivity index (χ0) is 19.5. The van der Waals surface area contributed by atoms with E-state index in [0.717, 1.165) is 44.0 Å². The van der Waals surface area contributed by atoms with Crippen molar-refractivity contribution < 1.29 is 4.79 Å². The van der Waals surface area contributed by atoms with Gasteiger partial charge in [-0.05, 0) is 31.6 Å². The van der Waals surface area contributed by atoms with Crippen molar-refractivity contribution in [1.82, 2.24) is 24.6 Å². The van der Waals surface area contributed by atoms with Gasteiger partial charge in [0.05, 0.1) is 0 Å². The van der Waals surface area contributed by atoms with Crippen molar-refractivity contribution >= 4 is 28.0 Å². The summed E-state index contributed by atoms with van der Waals surface area (Å²) in [5.41, 5.74) is 0.561. The summed E-state index contributed by atoms with van der Waals surface area (Å²) in [5, 5.41) is 4.54. The minimum atomic E-state index is -0.433. The third-order valence-corrected chi connectivity index (χ3v) is 5.66. The Morgan fingerprint density at radius 1 is 1.18 bits per heavy atom. The highest BCUT2D eigenvalue weighted by molar-refractivity contribution is 7.15. The van der Waals surface area contributed by atoms with E-state index in [1.54, 1.807) is 17.8 Å². The molecule has 1 fully saturated rings. The van der Waals surface area contributed by atoms with Crippen molar-refractivity contribution in [3.63, 3.8) is 0 Å². The number of fused-ring (bicyclic) bond motifs is 1. The molecule has 3 aromatic rings. The molecule has 0 bridgehead atoms. The monoisotopic (exact) mass is 398 g/mol. The van der Waals surface area contributed by atoms with Crippen molar-refractivity contribution in [2.75, 3.05) is 38.1 Å². The number of thiazole rings is 1. The van der Waals surface area contributed by atoms with Crippen LogP contribution in [0.15, 0.2) is 40.9 Å². The molecule has 28 heavy (non-hydrogen) atoms. The number of likely N-dealkylation sites (N-methyl/N-ethyl adjacent to an activating group) is 1. The Balaban J connectivity index is 1.39. The van der Waals surface area contributed by atoms with Crippen LogP contribution < -0.4 is 15.8 Å². The van der Waals surface area contributed by atoms with Gasteiger partial charge in [-0.15, -0.1) is 11.3 Å². The second-order valence-electron chi connectivity index (χ2n) is 6.88. The van der Waals surface area contributed by atoms with Gasteiger partial charge < -0.3 is 15.1 Å². The van der Waals surface area contributed by atoms with Crippen molar-refractivity contribution in [2.24, 2.45) is 0 Å². The Morgan fingerprint density at radius 2 is 2.07 bits per heavy atom. The van der Waals surface area contributed by atoms with E-state index < -0.39 is 5.91 Å². The van der Waals surface area contributed by atoms with Crippen molar-refractivity contribution in [3.05, 3.63) is 57.6 Å². The largest absolute Gasteiger partial charge is 0.355 e. The summed E-state index contributed by atoms with van der Waals surface area (Å²) in [6.45, 7) is 4.39. The number of nitrogens with zero attached hydrogens (tertiary/aromatic N) is 5. The molecule has 1 saturated heterocycles. The minimum Gasteiger partial charge on any atom is -0.355 e. The molecule has 1 aliphatic heterocycles. The molecular weight excluding hydrogens is 376 g/mol. The molecule has 0 saturated carbocycles. The highest BCUT2D eigenvalue weighted by Crippen LogP contribution is 2.14. The molecule has 1 amide bonds. The second-order valence-corrected chi connectivity index (χ2v) is 7.76. The lowest BCUT2D eigenvalue weighted by molar-refractivity contribution is 0.0949. The maximum absolute atomic E-state index is 12.4. The van der Waals surface area contributed by atoms with E-state index in [2.05, 4.69) is 32.1 Å². The zero-order valence-electron chi connectivity index (χ0n) is 15.7. The summed E-state index contributed by atoms with van der Waals surface area (Å²) in [5.74, 6) is 0.522. The van der Waals surface area contributed by atoms with Gasteiger partial charge in [0, 0.05) is 50.1 Å². The molecule has 1 N–H and O–H groups in total. The van der Waals surface area contributed by atoms with Crippen molar-refractivity contribution in [1.29, 1.82) is 0 Å². The quantitative estimate of drug-likeness (QED) is 0.712. The molecule has 0 aromatic carbocycles. The van der Waals surface area contributed by atoms with Crippen LogP contribution in [-0.2, 0) is 6.54 Å².